The number of aromatic nitrogens is 6. The molecule has 13 rings (SSSR count). The van der Waals surface area contributed by atoms with Gasteiger partial charge < -0.3 is 29.2 Å². The third-order valence-electron chi connectivity index (χ3n) is 14.3. The average Bonchev–Trinajstić information content (AvgIpc) is 4.09. The maximum atomic E-state index is 12.0. The molecule has 0 radical (unpaired) electrons. The number of phenolic OH excluding ortho intramolecular Hbond substituents is 2. The van der Waals surface area contributed by atoms with Gasteiger partial charge in [0.2, 0.25) is 0 Å². The molecule has 0 saturated carbocycles. The van der Waals surface area contributed by atoms with Crippen molar-refractivity contribution in [2.24, 2.45) is 0 Å². The molecule has 0 atom stereocenters. The van der Waals surface area contributed by atoms with Crippen LogP contribution in [-0.2, 0) is 52.0 Å². The summed E-state index contributed by atoms with van der Waals surface area (Å²) in [5.74, 6) is 3.50. The van der Waals surface area contributed by atoms with E-state index in [1.54, 1.807) is 0 Å². The molecule has 0 fully saturated rings. The van der Waals surface area contributed by atoms with Crippen LogP contribution in [0.3, 0.4) is 0 Å². The summed E-state index contributed by atoms with van der Waals surface area (Å²) in [5, 5.41) is 46.2. The second kappa shape index (κ2) is 20.8. The summed E-state index contributed by atoms with van der Waals surface area (Å²) in [7, 11) is 0. The van der Waals surface area contributed by atoms with E-state index in [9.17, 15) is 10.2 Å². The summed E-state index contributed by atoms with van der Waals surface area (Å²) in [4.78, 5) is 0. The van der Waals surface area contributed by atoms with Crippen molar-refractivity contribution < 1.29 is 29.2 Å². The van der Waals surface area contributed by atoms with Crippen molar-refractivity contribution in [3.63, 3.8) is 0 Å². The molecule has 74 heavy (non-hydrogen) atoms. The lowest BCUT2D eigenvalue weighted by Crippen LogP contribution is -2.08. The highest BCUT2D eigenvalue weighted by Gasteiger charge is 2.23. The van der Waals surface area contributed by atoms with Gasteiger partial charge in [-0.3, -0.25) is 9.36 Å². The summed E-state index contributed by atoms with van der Waals surface area (Å²) in [5.41, 5.74) is 10.4. The van der Waals surface area contributed by atoms with Crippen LogP contribution in [0, 0.1) is 0 Å². The van der Waals surface area contributed by atoms with E-state index in [2.05, 4.69) is 106 Å². The quantitative estimate of drug-likeness (QED) is 0.151. The Labute approximate surface area is 429 Å². The summed E-state index contributed by atoms with van der Waals surface area (Å²) >= 11 is 0. The zero-order chi connectivity index (χ0) is 49.8. The number of nitrogens with zero attached hydrogens (tertiary/aromatic N) is 6. The number of fused-ring (bicyclic) bond motifs is 12. The van der Waals surface area contributed by atoms with Crippen molar-refractivity contribution in [2.75, 3.05) is 13.2 Å². The zero-order valence-corrected chi connectivity index (χ0v) is 41.1. The molecule has 0 amide bonds. The van der Waals surface area contributed by atoms with Crippen LogP contribution in [0.2, 0.25) is 0 Å². The van der Waals surface area contributed by atoms with E-state index < -0.39 is 0 Å². The first-order valence-corrected chi connectivity index (χ1v) is 25.6. The van der Waals surface area contributed by atoms with Crippen molar-refractivity contribution in [2.45, 2.75) is 77.7 Å². The molecular formula is C62H56N6O6. The molecule has 12 nitrogen and oxygen atoms in total. The topological polar surface area (TPSA) is 139 Å². The Morgan fingerprint density at radius 1 is 0.378 bits per heavy atom. The Morgan fingerprint density at radius 3 is 1.16 bits per heavy atom. The average molecular weight is 981 g/mol. The largest absolute Gasteiger partial charge is 0.507 e. The number of phenols is 2. The monoisotopic (exact) mass is 980 g/mol. The Bertz CT molecular complexity index is 3330. The Morgan fingerprint density at radius 2 is 0.757 bits per heavy atom. The number of hydrogen-bond acceptors (Lipinski definition) is 10. The van der Waals surface area contributed by atoms with Gasteiger partial charge in [0.25, 0.3) is 0 Å². The predicted molar refractivity (Wildman–Crippen MR) is 285 cm³/mol. The molecule has 4 heterocycles. The summed E-state index contributed by atoms with van der Waals surface area (Å²) in [6, 6.07) is 49.3. The first-order valence-electron chi connectivity index (χ1n) is 25.6. The lowest BCUT2D eigenvalue weighted by molar-refractivity contribution is 0.296. The smallest absolute Gasteiger partial charge is 0.134 e. The van der Waals surface area contributed by atoms with Gasteiger partial charge in [-0.25, -0.2) is 0 Å². The van der Waals surface area contributed by atoms with E-state index in [4.69, 9.17) is 18.9 Å². The fourth-order valence-corrected chi connectivity index (χ4v) is 10.6. The molecule has 10 aromatic rings. The number of aromatic hydroxyl groups is 2. The molecule has 370 valence electrons. The molecule has 1 aliphatic carbocycles. The van der Waals surface area contributed by atoms with Crippen LogP contribution in [0.15, 0.2) is 158 Å². The van der Waals surface area contributed by atoms with Crippen LogP contribution in [0.1, 0.15) is 81.6 Å². The fourth-order valence-electron chi connectivity index (χ4n) is 10.6. The van der Waals surface area contributed by atoms with E-state index in [0.717, 1.165) is 114 Å². The minimum absolute atomic E-state index is 0.217. The number of rotatable bonds is 0. The molecule has 3 aliphatic rings. The van der Waals surface area contributed by atoms with Crippen molar-refractivity contribution >= 4 is 21.5 Å². The van der Waals surface area contributed by atoms with Crippen LogP contribution in [0.25, 0.3) is 32.7 Å². The maximum Gasteiger partial charge on any atom is 0.134 e. The molecule has 12 heteroatoms. The Hall–Kier alpha value is -8.64. The first kappa shape index (κ1) is 46.4. The van der Waals surface area contributed by atoms with E-state index >= 15 is 0 Å². The minimum Gasteiger partial charge on any atom is -0.507 e. The molecule has 14 bridgehead atoms. The van der Waals surface area contributed by atoms with Crippen LogP contribution < -0.4 is 18.9 Å². The highest BCUT2D eigenvalue weighted by Crippen LogP contribution is 2.46. The summed E-state index contributed by atoms with van der Waals surface area (Å²) in [6.45, 7) is 2.66. The standard InChI is InChI=1S/C62H56N6O6/c69-59-43-15-9-17-45(59)35-49-21-12-22-50-36-46-18-10-16-44(60(46)70)34-48-20-11-19-47(33-43)61(48)71-31-7-5-29-67-37-51(63-65-67)39-73-55-27-25-41-13-1-3-23-53(41)57(55)58-54-24-4-2-14-42(54)26-28-56(58)74-40-52-38-68(66-64-52)30-6-8-32-72-62(49)50/h1-4,9-28,37-38,69-70H,5-8,29-36,39-40H2. The number of aryl methyl sites for hydroxylation is 2. The molecular weight excluding hydrogens is 925 g/mol. The number of ether oxygens (including phenoxy) is 4. The predicted octanol–water partition coefficient (Wildman–Crippen LogP) is 12.1. The van der Waals surface area contributed by atoms with Gasteiger partial charge >= 0.3 is 0 Å². The van der Waals surface area contributed by atoms with Gasteiger partial charge in [0.05, 0.1) is 25.6 Å². The molecule has 2 aromatic heterocycles. The fraction of sp³-hybridized carbons (Fsp3) is 0.226. The van der Waals surface area contributed by atoms with Crippen molar-refractivity contribution in [1.82, 2.24) is 30.0 Å². The van der Waals surface area contributed by atoms with Crippen LogP contribution in [0.4, 0.5) is 0 Å². The van der Waals surface area contributed by atoms with Gasteiger partial charge in [-0.2, -0.15) is 0 Å². The highest BCUT2D eigenvalue weighted by molar-refractivity contribution is 6.09. The second-order valence-electron chi connectivity index (χ2n) is 19.3. The SMILES string of the molecule is Oc1c2cccc1Cc1cccc3c1OCCCCn1cc(nn1)COc1ccc4ccccc4c1-c1c(ccc4ccccc14)OCc1cn(nn1)CCCCOc1c(cccc1Cc1cccc(c1O)C3)C2. The number of hydrogen-bond donors (Lipinski definition) is 2. The van der Waals surface area contributed by atoms with E-state index in [-0.39, 0.29) is 24.7 Å². The van der Waals surface area contributed by atoms with Crippen LogP contribution >= 0.6 is 0 Å². The maximum absolute atomic E-state index is 12.0. The minimum atomic E-state index is 0.217. The number of benzene rings is 8. The van der Waals surface area contributed by atoms with Crippen molar-refractivity contribution in [3.8, 4) is 45.6 Å². The Balaban J connectivity index is 0.892. The normalized spacial score (nSPS) is 14.5. The molecule has 2 aliphatic heterocycles. The van der Waals surface area contributed by atoms with Gasteiger partial charge in [0, 0.05) is 49.9 Å². The molecule has 2 N–H and O–H groups in total. The lowest BCUT2D eigenvalue weighted by Gasteiger charge is -2.20. The highest BCUT2D eigenvalue weighted by atomic mass is 16.5. The Kier molecular flexibility index (Phi) is 13.1. The van der Waals surface area contributed by atoms with E-state index in [0.29, 0.717) is 74.9 Å². The third kappa shape index (κ3) is 9.70. The van der Waals surface area contributed by atoms with Gasteiger partial charge in [-0.1, -0.05) is 144 Å². The van der Waals surface area contributed by atoms with Crippen molar-refractivity contribution in [1.29, 1.82) is 0 Å². The van der Waals surface area contributed by atoms with Crippen LogP contribution in [-0.4, -0.2) is 53.4 Å². The molecule has 0 unspecified atom stereocenters. The second-order valence-corrected chi connectivity index (χ2v) is 19.3. The van der Waals surface area contributed by atoms with E-state index in [1.165, 1.54) is 0 Å². The molecule has 0 saturated heterocycles. The van der Waals surface area contributed by atoms with Gasteiger partial charge in [0.1, 0.15) is 59.1 Å². The van der Waals surface area contributed by atoms with Crippen molar-refractivity contribution in [3.05, 3.63) is 214 Å². The first-order chi connectivity index (χ1) is 36.5. The van der Waals surface area contributed by atoms with Gasteiger partial charge in [-0.05, 0) is 104 Å². The summed E-state index contributed by atoms with van der Waals surface area (Å²) < 4.78 is 30.7. The van der Waals surface area contributed by atoms with E-state index in [1.807, 2.05) is 82.4 Å². The summed E-state index contributed by atoms with van der Waals surface area (Å²) in [6.07, 6.45) is 8.88. The van der Waals surface area contributed by atoms with Gasteiger partial charge in [0.15, 0.2) is 0 Å². The molecule has 8 aromatic carbocycles. The lowest BCUT2D eigenvalue weighted by atomic mass is 9.91. The third-order valence-corrected chi connectivity index (χ3v) is 14.3. The van der Waals surface area contributed by atoms with Crippen LogP contribution in [0.5, 0.6) is 34.5 Å². The zero-order valence-electron chi connectivity index (χ0n) is 41.1. The molecule has 0 spiro atoms. The number of para-hydroxylation sites is 4. The van der Waals surface area contributed by atoms with Gasteiger partial charge in [-0.15, -0.1) is 10.2 Å².